The monoisotopic (exact) mass is 844 g/mol. The molecule has 62 heavy (non-hydrogen) atoms. The number of imidazole rings is 2. The molecule has 8 atom stereocenters. The molecule has 2 aromatic heterocycles. The molecule has 16 nitrogen and oxygen atoms in total. The van der Waals surface area contributed by atoms with Gasteiger partial charge in [0.15, 0.2) is 0 Å². The number of carbonyl (C=O) groups excluding carboxylic acids is 4. The Morgan fingerprint density at radius 2 is 1.65 bits per heavy atom. The summed E-state index contributed by atoms with van der Waals surface area (Å²) in [5, 5.41) is 7.34. The van der Waals surface area contributed by atoms with Crippen LogP contribution in [0.5, 0.6) is 5.75 Å². The molecule has 324 valence electrons. The summed E-state index contributed by atoms with van der Waals surface area (Å²) in [7, 11) is 4.06. The van der Waals surface area contributed by atoms with Crippen molar-refractivity contribution in [3.05, 3.63) is 78.0 Å². The van der Waals surface area contributed by atoms with Gasteiger partial charge in [-0.1, -0.05) is 44.2 Å². The van der Waals surface area contributed by atoms with Gasteiger partial charge in [-0.15, -0.1) is 0 Å². The van der Waals surface area contributed by atoms with E-state index in [2.05, 4.69) is 69.2 Å². The molecule has 4 N–H and O–H groups in total. The van der Waals surface area contributed by atoms with Crippen LogP contribution in [0, 0.1) is 17.8 Å². The van der Waals surface area contributed by atoms with Crippen LogP contribution in [0.4, 0.5) is 9.59 Å². The molecule has 2 fully saturated rings. The smallest absolute Gasteiger partial charge is 0.407 e. The van der Waals surface area contributed by atoms with Crippen molar-refractivity contribution in [1.29, 1.82) is 0 Å². The second kappa shape index (κ2) is 16.1. The normalized spacial score (nSPS) is 22.6. The Kier molecular flexibility index (Phi) is 10.7. The van der Waals surface area contributed by atoms with Gasteiger partial charge in [-0.2, -0.15) is 0 Å². The Morgan fingerprint density at radius 1 is 0.871 bits per heavy atom. The first-order valence-corrected chi connectivity index (χ1v) is 21.2. The van der Waals surface area contributed by atoms with Crippen molar-refractivity contribution >= 4 is 45.8 Å². The molecule has 0 bridgehead atoms. The lowest BCUT2D eigenvalue weighted by atomic mass is 9.81. The SMILES string of the molecule is COC(=O)N[C@H](C(=O)N1[C@@H](C)CC[C@H]1c1nc2c(ccc3cc4c(cc32)OCc2cc(-c3cnc([C@@H]5[C@@H]6C=C[C@@H]6CN5C(=O)[C@@H](NC(=O)OC)[C@@H](C)OC)[nH]3)ccc2-4)[nH]1)C(C)C. The number of methoxy groups -OCH3 is 3. The van der Waals surface area contributed by atoms with Crippen molar-refractivity contribution in [2.75, 3.05) is 27.9 Å². The number of benzene rings is 3. The van der Waals surface area contributed by atoms with Gasteiger partial charge in [-0.3, -0.25) is 9.59 Å². The third-order valence-corrected chi connectivity index (χ3v) is 13.2. The second-order valence-electron chi connectivity index (χ2n) is 17.2. The van der Waals surface area contributed by atoms with Crippen LogP contribution >= 0.6 is 0 Å². The average Bonchev–Trinajstić information content (AvgIpc) is 4.07. The Morgan fingerprint density at radius 3 is 2.35 bits per heavy atom. The summed E-state index contributed by atoms with van der Waals surface area (Å²) in [4.78, 5) is 73.0. The van der Waals surface area contributed by atoms with E-state index in [9.17, 15) is 19.2 Å². The zero-order valence-electron chi connectivity index (χ0n) is 35.9. The maximum Gasteiger partial charge on any atom is 0.407 e. The Bertz CT molecular complexity index is 2620. The van der Waals surface area contributed by atoms with Gasteiger partial charge in [0.1, 0.15) is 36.1 Å². The highest BCUT2D eigenvalue weighted by Gasteiger charge is 2.49. The Hall–Kier alpha value is -6.42. The number of amides is 4. The fourth-order valence-corrected chi connectivity index (χ4v) is 9.65. The van der Waals surface area contributed by atoms with Crippen molar-refractivity contribution in [1.82, 2.24) is 40.4 Å². The van der Waals surface area contributed by atoms with E-state index in [1.54, 1.807) is 18.0 Å². The number of hydrogen-bond donors (Lipinski definition) is 4. The molecular formula is C46H52N8O8. The van der Waals surface area contributed by atoms with Crippen molar-refractivity contribution < 1.29 is 38.1 Å². The van der Waals surface area contributed by atoms with E-state index in [0.717, 1.165) is 68.3 Å². The minimum absolute atomic E-state index is 0.0307. The summed E-state index contributed by atoms with van der Waals surface area (Å²) in [5.41, 5.74) is 6.49. The number of carbonyl (C=O) groups is 4. The number of likely N-dealkylation sites (tertiary alicyclic amines) is 2. The quantitative estimate of drug-likeness (QED) is 0.112. The third-order valence-electron chi connectivity index (χ3n) is 13.2. The van der Waals surface area contributed by atoms with Gasteiger partial charge in [0, 0.05) is 42.5 Å². The molecule has 3 aliphatic heterocycles. The van der Waals surface area contributed by atoms with Crippen LogP contribution in [0.3, 0.4) is 0 Å². The van der Waals surface area contributed by atoms with Gasteiger partial charge in [-0.25, -0.2) is 19.6 Å². The molecule has 2 saturated heterocycles. The van der Waals surface area contributed by atoms with Crippen LogP contribution in [0.1, 0.15) is 69.8 Å². The number of hydrogen-bond acceptors (Lipinski definition) is 10. The lowest BCUT2D eigenvalue weighted by molar-refractivity contribution is -0.138. The molecule has 4 amide bonds. The molecule has 1 aliphatic carbocycles. The van der Waals surface area contributed by atoms with Gasteiger partial charge in [0.25, 0.3) is 0 Å². The van der Waals surface area contributed by atoms with Gasteiger partial charge in [0.05, 0.1) is 55.3 Å². The van der Waals surface area contributed by atoms with Gasteiger partial charge >= 0.3 is 12.2 Å². The largest absolute Gasteiger partial charge is 0.488 e. The third kappa shape index (κ3) is 6.99. The number of nitrogens with one attached hydrogen (secondary N) is 4. The van der Waals surface area contributed by atoms with E-state index in [4.69, 9.17) is 28.9 Å². The van der Waals surface area contributed by atoms with Crippen LogP contribution in [0.2, 0.25) is 0 Å². The van der Waals surface area contributed by atoms with E-state index >= 15 is 0 Å². The summed E-state index contributed by atoms with van der Waals surface area (Å²) in [6.07, 6.45) is 5.66. The standard InChI is InChI=1S/C46H52N8O8/c1-22(2)37(51-45(57)60-6)44(56)54-23(3)8-15-35(54)41-48-33-14-11-25-17-32-29-12-9-26(16-28(29)21-62-36(32)18-31(25)39(33)50-41)34-19-47-42(49-34)40-30-13-10-27(30)20-53(40)43(55)38(24(4)59-5)52-46(58)61-7/h9-14,16-19,22-24,27,30,35,37-38,40H,8,15,20-21H2,1-7H3,(H,47,49)(H,48,50)(H,51,57)(H,52,58)/t23-,24+,27+,30+,35-,37-,38-,40-/m0/s1. The lowest BCUT2D eigenvalue weighted by Gasteiger charge is -2.32. The molecule has 3 aromatic carbocycles. The van der Waals surface area contributed by atoms with Crippen molar-refractivity contribution in [2.24, 2.45) is 17.8 Å². The average molecular weight is 845 g/mol. The summed E-state index contributed by atoms with van der Waals surface area (Å²) in [6.45, 7) is 8.46. The molecule has 5 aromatic rings. The molecule has 0 saturated carbocycles. The summed E-state index contributed by atoms with van der Waals surface area (Å²) in [6, 6.07) is 12.3. The molecule has 5 heterocycles. The van der Waals surface area contributed by atoms with E-state index in [1.807, 2.05) is 31.7 Å². The van der Waals surface area contributed by atoms with Crippen molar-refractivity contribution in [3.63, 3.8) is 0 Å². The van der Waals surface area contributed by atoms with Crippen molar-refractivity contribution in [2.45, 2.75) is 83.5 Å². The lowest BCUT2D eigenvalue weighted by Crippen LogP contribution is -2.54. The Labute approximate surface area is 358 Å². The summed E-state index contributed by atoms with van der Waals surface area (Å²) >= 11 is 0. The predicted octanol–water partition coefficient (Wildman–Crippen LogP) is 6.54. The van der Waals surface area contributed by atoms with Crippen molar-refractivity contribution in [3.8, 4) is 28.1 Å². The molecule has 16 heteroatoms. The number of aromatic nitrogens is 4. The number of alkyl carbamates (subject to hydrolysis) is 2. The molecule has 4 aliphatic rings. The fraction of sp³-hybridized carbons (Fsp3) is 0.435. The highest BCUT2D eigenvalue weighted by molar-refractivity contribution is 6.07. The van der Waals surface area contributed by atoms with E-state index < -0.39 is 30.4 Å². The topological polar surface area (TPSA) is 193 Å². The number of ether oxygens (including phenoxy) is 4. The number of H-pyrrole nitrogens is 2. The number of rotatable bonds is 10. The van der Waals surface area contributed by atoms with E-state index in [0.29, 0.717) is 24.8 Å². The van der Waals surface area contributed by atoms with Gasteiger partial charge in [-0.05, 0) is 78.9 Å². The second-order valence-corrected chi connectivity index (χ2v) is 17.2. The maximum atomic E-state index is 14.0. The Balaban J connectivity index is 0.975. The summed E-state index contributed by atoms with van der Waals surface area (Å²) < 4.78 is 21.5. The first-order chi connectivity index (χ1) is 29.9. The van der Waals surface area contributed by atoms with Gasteiger partial charge in [0.2, 0.25) is 11.8 Å². The molecule has 0 spiro atoms. The molecule has 9 rings (SSSR count). The predicted molar refractivity (Wildman–Crippen MR) is 230 cm³/mol. The van der Waals surface area contributed by atoms with Crippen LogP contribution in [-0.2, 0) is 30.4 Å². The highest BCUT2D eigenvalue weighted by atomic mass is 16.5. The van der Waals surface area contributed by atoms with E-state index in [-0.39, 0.29) is 47.7 Å². The minimum atomic E-state index is -0.934. The first-order valence-electron chi connectivity index (χ1n) is 21.2. The van der Waals surface area contributed by atoms with Crippen LogP contribution in [0.15, 0.2) is 60.8 Å². The molecular weight excluding hydrogens is 793 g/mol. The van der Waals surface area contributed by atoms with E-state index in [1.165, 1.54) is 21.3 Å². The first kappa shape index (κ1) is 41.0. The van der Waals surface area contributed by atoms with Crippen LogP contribution < -0.4 is 15.4 Å². The number of aromatic amines is 2. The highest BCUT2D eigenvalue weighted by Crippen LogP contribution is 2.48. The molecule has 0 unspecified atom stereocenters. The number of nitrogens with zero attached hydrogens (tertiary/aromatic N) is 4. The fourth-order valence-electron chi connectivity index (χ4n) is 9.65. The molecule has 0 radical (unpaired) electrons. The van der Waals surface area contributed by atoms with Crippen LogP contribution in [0.25, 0.3) is 44.2 Å². The van der Waals surface area contributed by atoms with Crippen LogP contribution in [-0.4, -0.2) is 106 Å². The minimum Gasteiger partial charge on any atom is -0.488 e. The summed E-state index contributed by atoms with van der Waals surface area (Å²) in [5.74, 6) is 1.87. The zero-order valence-corrected chi connectivity index (χ0v) is 35.9. The zero-order chi connectivity index (χ0) is 43.6. The maximum absolute atomic E-state index is 14.0. The number of fused-ring (bicyclic) bond motifs is 7. The van der Waals surface area contributed by atoms with Gasteiger partial charge < -0.3 is 49.3 Å².